The molecule has 6 nitrogen and oxygen atoms in total. The van der Waals surface area contributed by atoms with Gasteiger partial charge in [0.1, 0.15) is 35.6 Å². The molecule has 172 valence electrons. The van der Waals surface area contributed by atoms with Crippen molar-refractivity contribution < 1.29 is 23.4 Å². The molecule has 0 N–H and O–H groups in total. The number of rotatable bonds is 7. The molecule has 0 saturated heterocycles. The Bertz CT molecular complexity index is 1270. The highest BCUT2D eigenvalue weighted by Gasteiger charge is 2.37. The van der Waals surface area contributed by atoms with E-state index in [-0.39, 0.29) is 24.6 Å². The van der Waals surface area contributed by atoms with E-state index in [1.54, 1.807) is 55.1 Å². The summed E-state index contributed by atoms with van der Waals surface area (Å²) < 4.78 is 31.8. The number of nitrogens with zero attached hydrogens (tertiary/aromatic N) is 2. The van der Waals surface area contributed by atoms with Crippen LogP contribution in [0.15, 0.2) is 90.0 Å². The second-order valence-electron chi connectivity index (χ2n) is 7.63. The van der Waals surface area contributed by atoms with E-state index in [0.717, 1.165) is 11.1 Å². The number of carbonyl (C=O) groups excluding carboxylic acids is 1. The molecule has 0 fully saturated rings. The average Bonchev–Trinajstić information content (AvgIpc) is 3.38. The van der Waals surface area contributed by atoms with Gasteiger partial charge in [-0.3, -0.25) is 4.57 Å². The molecule has 0 radical (unpaired) electrons. The Labute approximate surface area is 197 Å². The molecule has 0 bridgehead atoms. The van der Waals surface area contributed by atoms with Gasteiger partial charge in [-0.25, -0.2) is 9.18 Å². The molecule has 1 atom stereocenters. The summed E-state index contributed by atoms with van der Waals surface area (Å²) in [6, 6.07) is 19.2. The van der Waals surface area contributed by atoms with Crippen LogP contribution >= 0.6 is 0 Å². The lowest BCUT2D eigenvalue weighted by Crippen LogP contribution is -2.24. The van der Waals surface area contributed by atoms with Crippen LogP contribution in [0.25, 0.3) is 5.88 Å². The summed E-state index contributed by atoms with van der Waals surface area (Å²) in [4.78, 5) is 12.8. The molecule has 0 unspecified atom stereocenters. The lowest BCUT2D eigenvalue weighted by molar-refractivity contribution is -0.139. The molecule has 2 aromatic carbocycles. The monoisotopic (exact) mass is 458 g/mol. The standard InChI is InChI=1S/C27H23FN2O4/c1-3-32-27(31)24-18(2)34-26(30-14-4-5-15-30)23(16-29)25(24)20-8-12-22(13-9-20)33-17-19-6-10-21(28)11-7-19/h4-15,25H,3,17H2,1-2H3/t25-/m1/s1. The minimum absolute atomic E-state index is 0.203. The van der Waals surface area contributed by atoms with Gasteiger partial charge >= 0.3 is 5.97 Å². The van der Waals surface area contributed by atoms with Crippen molar-refractivity contribution >= 4 is 11.9 Å². The van der Waals surface area contributed by atoms with Crippen LogP contribution in [0.2, 0.25) is 0 Å². The summed E-state index contributed by atoms with van der Waals surface area (Å²) >= 11 is 0. The largest absolute Gasteiger partial charge is 0.489 e. The number of hydrogen-bond donors (Lipinski definition) is 0. The van der Waals surface area contributed by atoms with E-state index in [2.05, 4.69) is 6.07 Å². The van der Waals surface area contributed by atoms with Crippen LogP contribution < -0.4 is 4.74 Å². The van der Waals surface area contributed by atoms with Crippen LogP contribution in [0, 0.1) is 17.1 Å². The number of hydrogen-bond acceptors (Lipinski definition) is 5. The van der Waals surface area contributed by atoms with E-state index in [1.807, 2.05) is 24.3 Å². The highest BCUT2D eigenvalue weighted by Crippen LogP contribution is 2.42. The lowest BCUT2D eigenvalue weighted by Gasteiger charge is -2.28. The molecule has 2 heterocycles. The topological polar surface area (TPSA) is 73.5 Å². The summed E-state index contributed by atoms with van der Waals surface area (Å²) in [5.74, 6) is -0.164. The SMILES string of the molecule is CCOC(=O)C1=C(C)OC(n2cccc2)=C(C#N)[C@H]1c1ccc(OCc2ccc(F)cc2)cc1. The zero-order chi connectivity index (χ0) is 24.1. The minimum Gasteiger partial charge on any atom is -0.489 e. The first kappa shape index (κ1) is 22.9. The van der Waals surface area contributed by atoms with Crippen LogP contribution in [-0.4, -0.2) is 17.1 Å². The fraction of sp³-hybridized carbons (Fsp3) is 0.185. The summed E-state index contributed by atoms with van der Waals surface area (Å²) in [6.07, 6.45) is 3.55. The van der Waals surface area contributed by atoms with Crippen LogP contribution in [0.5, 0.6) is 5.75 Å². The molecule has 1 aromatic heterocycles. The van der Waals surface area contributed by atoms with Crippen molar-refractivity contribution in [2.75, 3.05) is 6.61 Å². The van der Waals surface area contributed by atoms with Gasteiger partial charge in [0.15, 0.2) is 0 Å². The highest BCUT2D eigenvalue weighted by molar-refractivity contribution is 5.93. The van der Waals surface area contributed by atoms with Gasteiger partial charge in [-0.2, -0.15) is 5.26 Å². The zero-order valence-electron chi connectivity index (χ0n) is 18.8. The predicted octanol–water partition coefficient (Wildman–Crippen LogP) is 5.55. The Morgan fingerprint density at radius 1 is 1.12 bits per heavy atom. The van der Waals surface area contributed by atoms with Gasteiger partial charge in [0.05, 0.1) is 18.1 Å². The molecule has 7 heteroatoms. The maximum Gasteiger partial charge on any atom is 0.338 e. The van der Waals surface area contributed by atoms with Gasteiger partial charge in [-0.1, -0.05) is 24.3 Å². The van der Waals surface area contributed by atoms with E-state index < -0.39 is 11.9 Å². The summed E-state index contributed by atoms with van der Waals surface area (Å²) in [7, 11) is 0. The first-order valence-corrected chi connectivity index (χ1v) is 10.8. The van der Waals surface area contributed by atoms with E-state index in [4.69, 9.17) is 14.2 Å². The number of nitriles is 1. The third-order valence-electron chi connectivity index (χ3n) is 5.42. The second kappa shape index (κ2) is 10.1. The third-order valence-corrected chi connectivity index (χ3v) is 5.42. The van der Waals surface area contributed by atoms with Gasteiger partial charge in [-0.05, 0) is 61.4 Å². The Kier molecular flexibility index (Phi) is 6.79. The van der Waals surface area contributed by atoms with Crippen molar-refractivity contribution in [2.45, 2.75) is 26.4 Å². The number of esters is 1. The summed E-state index contributed by atoms with van der Waals surface area (Å²) in [5, 5.41) is 10.1. The van der Waals surface area contributed by atoms with E-state index in [1.165, 1.54) is 12.1 Å². The van der Waals surface area contributed by atoms with Crippen molar-refractivity contribution in [2.24, 2.45) is 0 Å². The van der Waals surface area contributed by atoms with Gasteiger partial charge in [0.25, 0.3) is 0 Å². The molecule has 0 spiro atoms. The fourth-order valence-corrected chi connectivity index (χ4v) is 3.81. The Morgan fingerprint density at radius 3 is 2.41 bits per heavy atom. The van der Waals surface area contributed by atoms with Crippen LogP contribution in [0.3, 0.4) is 0 Å². The highest BCUT2D eigenvalue weighted by atomic mass is 19.1. The van der Waals surface area contributed by atoms with Gasteiger partial charge in [-0.15, -0.1) is 0 Å². The van der Waals surface area contributed by atoms with Crippen LogP contribution in [0.1, 0.15) is 30.9 Å². The summed E-state index contributed by atoms with van der Waals surface area (Å²) in [5.41, 5.74) is 2.14. The number of halogens is 1. The second-order valence-corrected chi connectivity index (χ2v) is 7.63. The zero-order valence-corrected chi connectivity index (χ0v) is 18.8. The molecular formula is C27H23FN2O4. The predicted molar refractivity (Wildman–Crippen MR) is 124 cm³/mol. The lowest BCUT2D eigenvalue weighted by atomic mass is 9.83. The summed E-state index contributed by atoms with van der Waals surface area (Å²) in [6.45, 7) is 3.91. The van der Waals surface area contributed by atoms with Gasteiger partial charge < -0.3 is 14.2 Å². The Balaban J connectivity index is 1.67. The fourth-order valence-electron chi connectivity index (χ4n) is 3.81. The van der Waals surface area contributed by atoms with E-state index in [9.17, 15) is 14.4 Å². The van der Waals surface area contributed by atoms with Crippen LogP contribution in [0.4, 0.5) is 4.39 Å². The van der Waals surface area contributed by atoms with Crippen molar-refractivity contribution in [1.82, 2.24) is 4.57 Å². The number of benzene rings is 2. The molecule has 34 heavy (non-hydrogen) atoms. The van der Waals surface area contributed by atoms with Crippen molar-refractivity contribution in [3.63, 3.8) is 0 Å². The maximum absolute atomic E-state index is 13.1. The molecule has 0 aliphatic carbocycles. The normalized spacial score (nSPS) is 15.5. The first-order valence-electron chi connectivity index (χ1n) is 10.8. The number of allylic oxidation sites excluding steroid dienone is 2. The van der Waals surface area contributed by atoms with Crippen molar-refractivity contribution in [1.29, 1.82) is 5.26 Å². The van der Waals surface area contributed by atoms with Crippen LogP contribution in [-0.2, 0) is 20.9 Å². The van der Waals surface area contributed by atoms with Gasteiger partial charge in [0, 0.05) is 12.4 Å². The van der Waals surface area contributed by atoms with E-state index >= 15 is 0 Å². The molecule has 0 amide bonds. The minimum atomic E-state index is -0.665. The third kappa shape index (κ3) is 4.71. The quantitative estimate of drug-likeness (QED) is 0.434. The average molecular weight is 458 g/mol. The molecule has 0 saturated carbocycles. The maximum atomic E-state index is 13.1. The van der Waals surface area contributed by atoms with E-state index in [0.29, 0.717) is 23.0 Å². The molecule has 3 aromatic rings. The number of aromatic nitrogens is 1. The first-order chi connectivity index (χ1) is 16.5. The Hall–Kier alpha value is -4.31. The van der Waals surface area contributed by atoms with Crippen molar-refractivity contribution in [3.05, 3.63) is 107 Å². The molecule has 1 aliphatic rings. The molecule has 1 aliphatic heterocycles. The Morgan fingerprint density at radius 2 is 1.79 bits per heavy atom. The number of ether oxygens (including phenoxy) is 3. The molecular weight excluding hydrogens is 435 g/mol. The van der Waals surface area contributed by atoms with Gasteiger partial charge in [0.2, 0.25) is 5.88 Å². The smallest absolute Gasteiger partial charge is 0.338 e. The van der Waals surface area contributed by atoms with Crippen molar-refractivity contribution in [3.8, 4) is 11.8 Å². The molecule has 4 rings (SSSR count). The number of carbonyl (C=O) groups is 1.